The van der Waals surface area contributed by atoms with Crippen molar-refractivity contribution in [1.29, 1.82) is 0 Å². The standard InChI is InChI=1S/C54H38N4O/c1-38-50(43-32-30-40(31-33-43)39-16-5-2-6-17-39)36-51(56-55-38)44-22-13-24-46(34-44)59-47-25-14-23-45(35-47)57-37-58(53-29-12-11-28-52(53)57)54-48(41-18-7-3-8-19-41)26-15-27-49(54)42-20-9-4-10-21-42/h2-36H,1H3. The SMILES string of the molecule is Cc1nnc(-c2cccc(Oc3cccc(-n4[c-][n+](-c5c(-c6ccccc6)cccc5-c5ccccc5)c5ccccc54)c3)c2)cc1-c1ccc(-c2ccccc2)cc1. The fourth-order valence-corrected chi connectivity index (χ4v) is 7.80. The summed E-state index contributed by atoms with van der Waals surface area (Å²) < 4.78 is 10.9. The largest absolute Gasteiger partial charge is 0.458 e. The summed E-state index contributed by atoms with van der Waals surface area (Å²) in [5, 5.41) is 9.16. The van der Waals surface area contributed by atoms with Crippen molar-refractivity contribution in [2.24, 2.45) is 0 Å². The first-order valence-electron chi connectivity index (χ1n) is 19.7. The second kappa shape index (κ2) is 15.6. The molecule has 10 rings (SSSR count). The molecule has 0 aliphatic carbocycles. The topological polar surface area (TPSA) is 43.8 Å². The van der Waals surface area contributed by atoms with Crippen LogP contribution in [0.25, 0.3) is 78.2 Å². The number of rotatable bonds is 9. The lowest BCUT2D eigenvalue weighted by Crippen LogP contribution is -2.31. The number of benzene rings is 8. The van der Waals surface area contributed by atoms with E-state index in [0.29, 0.717) is 11.5 Å². The van der Waals surface area contributed by atoms with Gasteiger partial charge in [0, 0.05) is 11.1 Å². The number of aryl methyl sites for hydroxylation is 1. The van der Waals surface area contributed by atoms with Crippen molar-refractivity contribution in [3.05, 3.63) is 224 Å². The highest BCUT2D eigenvalue weighted by Gasteiger charge is 2.20. The van der Waals surface area contributed by atoms with Gasteiger partial charge in [-0.1, -0.05) is 176 Å². The Morgan fingerprint density at radius 1 is 0.441 bits per heavy atom. The maximum atomic E-state index is 6.57. The average Bonchev–Trinajstić information content (AvgIpc) is 3.69. The molecule has 2 heterocycles. The van der Waals surface area contributed by atoms with Gasteiger partial charge in [0.1, 0.15) is 11.5 Å². The molecule has 0 aliphatic rings. The van der Waals surface area contributed by atoms with Crippen LogP contribution in [-0.4, -0.2) is 14.8 Å². The second-order valence-corrected chi connectivity index (χ2v) is 14.5. The monoisotopic (exact) mass is 758 g/mol. The number of hydrogen-bond donors (Lipinski definition) is 0. The molecule has 0 N–H and O–H groups in total. The van der Waals surface area contributed by atoms with Gasteiger partial charge in [-0.3, -0.25) is 9.13 Å². The van der Waals surface area contributed by atoms with E-state index in [0.717, 1.165) is 72.7 Å². The van der Waals surface area contributed by atoms with Crippen molar-refractivity contribution >= 4 is 11.0 Å². The lowest BCUT2D eigenvalue weighted by molar-refractivity contribution is -0.571. The van der Waals surface area contributed by atoms with E-state index in [1.807, 2.05) is 49.4 Å². The summed E-state index contributed by atoms with van der Waals surface area (Å²) >= 11 is 0. The first-order chi connectivity index (χ1) is 29.2. The third-order valence-electron chi connectivity index (χ3n) is 10.7. The first kappa shape index (κ1) is 35.5. The maximum absolute atomic E-state index is 6.57. The minimum Gasteiger partial charge on any atom is -0.458 e. The van der Waals surface area contributed by atoms with Gasteiger partial charge in [0.05, 0.1) is 33.8 Å². The Hall–Kier alpha value is -7.89. The molecule has 0 saturated carbocycles. The summed E-state index contributed by atoms with van der Waals surface area (Å²) in [4.78, 5) is 0. The molecule has 0 atom stereocenters. The molecule has 0 spiro atoms. The molecule has 5 heteroatoms. The summed E-state index contributed by atoms with van der Waals surface area (Å²) in [7, 11) is 0. The molecule has 10 aromatic rings. The Balaban J connectivity index is 0.988. The summed E-state index contributed by atoms with van der Waals surface area (Å²) in [5.41, 5.74) is 15.7. The average molecular weight is 759 g/mol. The van der Waals surface area contributed by atoms with Gasteiger partial charge >= 0.3 is 0 Å². The minimum absolute atomic E-state index is 0.705. The van der Waals surface area contributed by atoms with Gasteiger partial charge in [0.15, 0.2) is 0 Å². The summed E-state index contributed by atoms with van der Waals surface area (Å²) in [6.07, 6.45) is 3.76. The summed E-state index contributed by atoms with van der Waals surface area (Å²) in [6.45, 7) is 2.00. The fraction of sp³-hybridized carbons (Fsp3) is 0.0185. The second-order valence-electron chi connectivity index (χ2n) is 14.5. The number of nitrogens with zero attached hydrogens (tertiary/aromatic N) is 4. The quantitative estimate of drug-likeness (QED) is 0.109. The third-order valence-corrected chi connectivity index (χ3v) is 10.7. The van der Waals surface area contributed by atoms with Crippen LogP contribution in [0.5, 0.6) is 11.5 Å². The van der Waals surface area contributed by atoms with Crippen LogP contribution >= 0.6 is 0 Å². The lowest BCUT2D eigenvalue weighted by Gasteiger charge is -2.17. The molecule has 0 bridgehead atoms. The van der Waals surface area contributed by atoms with Crippen LogP contribution in [0.15, 0.2) is 212 Å². The van der Waals surface area contributed by atoms with Crippen LogP contribution in [-0.2, 0) is 0 Å². The first-order valence-corrected chi connectivity index (χ1v) is 19.7. The minimum atomic E-state index is 0.705. The number of aromatic nitrogens is 4. The van der Waals surface area contributed by atoms with Crippen molar-refractivity contribution in [1.82, 2.24) is 14.8 Å². The lowest BCUT2D eigenvalue weighted by atomic mass is 9.95. The van der Waals surface area contributed by atoms with Crippen LogP contribution in [0, 0.1) is 13.3 Å². The predicted molar refractivity (Wildman–Crippen MR) is 238 cm³/mol. The Bertz CT molecular complexity index is 3010. The Kier molecular flexibility index (Phi) is 9.37. The molecule has 0 fully saturated rings. The van der Waals surface area contributed by atoms with E-state index in [1.54, 1.807) is 0 Å². The van der Waals surface area contributed by atoms with Crippen LogP contribution in [0.3, 0.4) is 0 Å². The summed E-state index contributed by atoms with van der Waals surface area (Å²) in [6, 6.07) is 73.4. The molecule has 0 radical (unpaired) electrons. The van der Waals surface area contributed by atoms with E-state index in [4.69, 9.17) is 4.74 Å². The van der Waals surface area contributed by atoms with E-state index >= 15 is 0 Å². The molecule has 0 unspecified atom stereocenters. The van der Waals surface area contributed by atoms with Crippen molar-refractivity contribution in [2.75, 3.05) is 0 Å². The highest BCUT2D eigenvalue weighted by atomic mass is 16.5. The van der Waals surface area contributed by atoms with Gasteiger partial charge in [0.25, 0.3) is 6.33 Å². The molecule has 59 heavy (non-hydrogen) atoms. The zero-order valence-corrected chi connectivity index (χ0v) is 32.4. The fourth-order valence-electron chi connectivity index (χ4n) is 7.80. The van der Waals surface area contributed by atoms with E-state index in [1.165, 1.54) is 11.1 Å². The smallest absolute Gasteiger partial charge is 0.269 e. The van der Waals surface area contributed by atoms with Crippen LogP contribution < -0.4 is 9.30 Å². The number of fused-ring (bicyclic) bond motifs is 1. The van der Waals surface area contributed by atoms with E-state index < -0.39 is 0 Å². The molecule has 280 valence electrons. The number of para-hydroxylation sites is 3. The van der Waals surface area contributed by atoms with Gasteiger partial charge in [0.2, 0.25) is 0 Å². The zero-order valence-electron chi connectivity index (χ0n) is 32.4. The predicted octanol–water partition coefficient (Wildman–Crippen LogP) is 12.9. The van der Waals surface area contributed by atoms with Crippen LogP contribution in [0.4, 0.5) is 0 Å². The van der Waals surface area contributed by atoms with Crippen molar-refractivity contribution < 1.29 is 9.30 Å². The highest BCUT2D eigenvalue weighted by Crippen LogP contribution is 2.35. The van der Waals surface area contributed by atoms with Crippen molar-refractivity contribution in [3.63, 3.8) is 0 Å². The normalized spacial score (nSPS) is 11.1. The Morgan fingerprint density at radius 2 is 0.966 bits per heavy atom. The van der Waals surface area contributed by atoms with Crippen LogP contribution in [0.2, 0.25) is 0 Å². The van der Waals surface area contributed by atoms with Crippen molar-refractivity contribution in [3.8, 4) is 78.6 Å². The molecule has 2 aromatic heterocycles. The van der Waals surface area contributed by atoms with Crippen molar-refractivity contribution in [2.45, 2.75) is 6.92 Å². The zero-order chi connectivity index (χ0) is 39.5. The van der Waals surface area contributed by atoms with Crippen LogP contribution in [0.1, 0.15) is 5.69 Å². The molecule has 5 nitrogen and oxygen atoms in total. The van der Waals surface area contributed by atoms with Gasteiger partial charge in [-0.15, -0.1) is 0 Å². The number of ether oxygens (including phenoxy) is 1. The third kappa shape index (κ3) is 7.07. The van der Waals surface area contributed by atoms with Gasteiger partial charge < -0.3 is 4.74 Å². The Labute approximate surface area is 343 Å². The van der Waals surface area contributed by atoms with E-state index in [2.05, 4.69) is 196 Å². The van der Waals surface area contributed by atoms with Gasteiger partial charge in [-0.05, 0) is 82.3 Å². The number of hydrogen-bond acceptors (Lipinski definition) is 3. The van der Waals surface area contributed by atoms with E-state index in [9.17, 15) is 0 Å². The molecular weight excluding hydrogens is 721 g/mol. The molecule has 8 aromatic carbocycles. The summed E-state index contributed by atoms with van der Waals surface area (Å²) in [5.74, 6) is 1.41. The van der Waals surface area contributed by atoms with E-state index in [-0.39, 0.29) is 0 Å². The van der Waals surface area contributed by atoms with Gasteiger partial charge in [-0.2, -0.15) is 10.2 Å². The molecule has 0 saturated heterocycles. The molecular formula is C54H38N4O. The Morgan fingerprint density at radius 3 is 1.66 bits per heavy atom. The molecule has 0 amide bonds. The highest BCUT2D eigenvalue weighted by molar-refractivity contribution is 5.85. The molecule has 0 aliphatic heterocycles. The number of imidazole rings is 1. The van der Waals surface area contributed by atoms with Gasteiger partial charge in [-0.25, -0.2) is 0 Å². The maximum Gasteiger partial charge on any atom is 0.269 e.